The summed E-state index contributed by atoms with van der Waals surface area (Å²) < 4.78 is 10.8. The standard InChI is InChI=1S/C18H29NO2/c1-13-5-7-15(8-6-13)12-19-14(2)17-10-9-16(20-3)11-18(17)21-4/h9-11,13-15,19H,5-8,12H2,1-4H3. The fourth-order valence-corrected chi connectivity index (χ4v) is 3.16. The van der Waals surface area contributed by atoms with E-state index in [1.54, 1.807) is 14.2 Å². The molecule has 0 spiro atoms. The molecule has 0 aromatic heterocycles. The Morgan fingerprint density at radius 2 is 1.86 bits per heavy atom. The van der Waals surface area contributed by atoms with Gasteiger partial charge in [-0.1, -0.05) is 25.8 Å². The molecule has 1 aromatic rings. The molecule has 1 saturated carbocycles. The lowest BCUT2D eigenvalue weighted by atomic mass is 9.83. The summed E-state index contributed by atoms with van der Waals surface area (Å²) in [4.78, 5) is 0. The first-order valence-electron chi connectivity index (χ1n) is 8.09. The van der Waals surface area contributed by atoms with Crippen LogP contribution in [0.15, 0.2) is 18.2 Å². The fourth-order valence-electron chi connectivity index (χ4n) is 3.16. The van der Waals surface area contributed by atoms with Gasteiger partial charge in [0.15, 0.2) is 0 Å². The molecule has 1 aliphatic carbocycles. The SMILES string of the molecule is COc1ccc(C(C)NCC2CCC(C)CC2)c(OC)c1. The van der Waals surface area contributed by atoms with Gasteiger partial charge < -0.3 is 14.8 Å². The van der Waals surface area contributed by atoms with Crippen molar-refractivity contribution in [3.8, 4) is 11.5 Å². The van der Waals surface area contributed by atoms with Crippen LogP contribution < -0.4 is 14.8 Å². The van der Waals surface area contributed by atoms with Crippen LogP contribution in [0.1, 0.15) is 51.1 Å². The van der Waals surface area contributed by atoms with Gasteiger partial charge >= 0.3 is 0 Å². The Hall–Kier alpha value is -1.22. The Balaban J connectivity index is 1.92. The quantitative estimate of drug-likeness (QED) is 0.853. The fraction of sp³-hybridized carbons (Fsp3) is 0.667. The molecule has 21 heavy (non-hydrogen) atoms. The van der Waals surface area contributed by atoms with Crippen molar-refractivity contribution in [2.45, 2.75) is 45.6 Å². The maximum Gasteiger partial charge on any atom is 0.127 e. The van der Waals surface area contributed by atoms with Crippen molar-refractivity contribution in [2.24, 2.45) is 11.8 Å². The zero-order valence-corrected chi connectivity index (χ0v) is 13.8. The van der Waals surface area contributed by atoms with Gasteiger partial charge in [-0.15, -0.1) is 0 Å². The van der Waals surface area contributed by atoms with Gasteiger partial charge in [-0.3, -0.25) is 0 Å². The second-order valence-electron chi connectivity index (χ2n) is 6.36. The van der Waals surface area contributed by atoms with Crippen LogP contribution in [0.5, 0.6) is 11.5 Å². The molecule has 1 unspecified atom stereocenters. The minimum atomic E-state index is 0.296. The minimum Gasteiger partial charge on any atom is -0.497 e. The first-order valence-corrected chi connectivity index (χ1v) is 8.09. The van der Waals surface area contributed by atoms with Gasteiger partial charge in [-0.2, -0.15) is 0 Å². The van der Waals surface area contributed by atoms with Crippen LogP contribution in [0.3, 0.4) is 0 Å². The van der Waals surface area contributed by atoms with Crippen LogP contribution in [0, 0.1) is 11.8 Å². The van der Waals surface area contributed by atoms with Gasteiger partial charge in [0.2, 0.25) is 0 Å². The molecule has 0 aliphatic heterocycles. The topological polar surface area (TPSA) is 30.5 Å². The molecule has 0 amide bonds. The van der Waals surface area contributed by atoms with Crippen molar-refractivity contribution in [3.05, 3.63) is 23.8 Å². The largest absolute Gasteiger partial charge is 0.497 e. The first-order chi connectivity index (χ1) is 10.1. The second-order valence-corrected chi connectivity index (χ2v) is 6.36. The number of rotatable bonds is 6. The van der Waals surface area contributed by atoms with Crippen molar-refractivity contribution in [1.29, 1.82) is 0 Å². The highest BCUT2D eigenvalue weighted by Gasteiger charge is 2.19. The predicted octanol–water partition coefficient (Wildman–Crippen LogP) is 4.18. The average molecular weight is 291 g/mol. The summed E-state index contributed by atoms with van der Waals surface area (Å²) >= 11 is 0. The van der Waals surface area contributed by atoms with Gasteiger partial charge in [-0.05, 0) is 44.2 Å². The van der Waals surface area contributed by atoms with Crippen LogP contribution in [-0.4, -0.2) is 20.8 Å². The summed E-state index contributed by atoms with van der Waals surface area (Å²) in [6, 6.07) is 6.34. The van der Waals surface area contributed by atoms with E-state index in [1.807, 2.05) is 12.1 Å². The molecular formula is C18H29NO2. The molecule has 118 valence electrons. The van der Waals surface area contributed by atoms with E-state index < -0.39 is 0 Å². The van der Waals surface area contributed by atoms with Crippen molar-refractivity contribution in [3.63, 3.8) is 0 Å². The summed E-state index contributed by atoms with van der Waals surface area (Å²) in [6.45, 7) is 5.67. The Morgan fingerprint density at radius 1 is 1.14 bits per heavy atom. The van der Waals surface area contributed by atoms with E-state index in [1.165, 1.54) is 31.2 Å². The number of ether oxygens (including phenoxy) is 2. The average Bonchev–Trinajstić information content (AvgIpc) is 2.53. The van der Waals surface area contributed by atoms with E-state index in [9.17, 15) is 0 Å². The molecule has 0 heterocycles. The lowest BCUT2D eigenvalue weighted by molar-refractivity contribution is 0.275. The van der Waals surface area contributed by atoms with Crippen molar-refractivity contribution in [2.75, 3.05) is 20.8 Å². The molecule has 1 atom stereocenters. The number of hydrogen-bond donors (Lipinski definition) is 1. The van der Waals surface area contributed by atoms with E-state index in [2.05, 4.69) is 25.2 Å². The van der Waals surface area contributed by atoms with Gasteiger partial charge in [0.05, 0.1) is 14.2 Å². The maximum absolute atomic E-state index is 5.49. The van der Waals surface area contributed by atoms with Crippen LogP contribution in [0.25, 0.3) is 0 Å². The summed E-state index contributed by atoms with van der Waals surface area (Å²) in [5.41, 5.74) is 1.20. The minimum absolute atomic E-state index is 0.296. The van der Waals surface area contributed by atoms with Crippen LogP contribution in [0.4, 0.5) is 0 Å². The molecule has 0 bridgehead atoms. The molecule has 1 aliphatic rings. The Bertz CT molecular complexity index is 439. The van der Waals surface area contributed by atoms with Crippen molar-refractivity contribution < 1.29 is 9.47 Å². The Morgan fingerprint density at radius 3 is 2.48 bits per heavy atom. The van der Waals surface area contributed by atoms with E-state index >= 15 is 0 Å². The molecule has 0 saturated heterocycles. The summed E-state index contributed by atoms with van der Waals surface area (Å²) in [7, 11) is 3.40. The maximum atomic E-state index is 5.49. The van der Waals surface area contributed by atoms with Crippen LogP contribution >= 0.6 is 0 Å². The third kappa shape index (κ3) is 4.37. The summed E-state index contributed by atoms with van der Waals surface area (Å²) in [5, 5.41) is 3.67. The lowest BCUT2D eigenvalue weighted by Crippen LogP contribution is -2.28. The summed E-state index contributed by atoms with van der Waals surface area (Å²) in [6.07, 6.45) is 5.49. The smallest absolute Gasteiger partial charge is 0.127 e. The van der Waals surface area contributed by atoms with E-state index in [-0.39, 0.29) is 0 Å². The second kappa shape index (κ2) is 7.69. The number of hydrogen-bond acceptors (Lipinski definition) is 3. The molecule has 3 nitrogen and oxygen atoms in total. The van der Waals surface area contributed by atoms with Crippen LogP contribution in [0.2, 0.25) is 0 Å². The molecule has 2 rings (SSSR count). The van der Waals surface area contributed by atoms with E-state index in [0.29, 0.717) is 6.04 Å². The van der Waals surface area contributed by atoms with Gasteiger partial charge in [0.1, 0.15) is 11.5 Å². The monoisotopic (exact) mass is 291 g/mol. The zero-order valence-electron chi connectivity index (χ0n) is 13.8. The van der Waals surface area contributed by atoms with Crippen LogP contribution in [-0.2, 0) is 0 Å². The van der Waals surface area contributed by atoms with Gasteiger partial charge in [0, 0.05) is 17.7 Å². The molecule has 1 N–H and O–H groups in total. The third-order valence-electron chi connectivity index (χ3n) is 4.76. The van der Waals surface area contributed by atoms with E-state index in [0.717, 1.165) is 29.9 Å². The van der Waals surface area contributed by atoms with Gasteiger partial charge in [-0.25, -0.2) is 0 Å². The zero-order chi connectivity index (χ0) is 15.2. The summed E-state index contributed by atoms with van der Waals surface area (Å²) in [5.74, 6) is 3.48. The predicted molar refractivity (Wildman–Crippen MR) is 87.1 cm³/mol. The molecule has 3 heteroatoms. The van der Waals surface area contributed by atoms with Gasteiger partial charge in [0.25, 0.3) is 0 Å². The number of methoxy groups -OCH3 is 2. The highest BCUT2D eigenvalue weighted by Crippen LogP contribution is 2.31. The molecule has 0 radical (unpaired) electrons. The number of nitrogens with one attached hydrogen (secondary N) is 1. The number of benzene rings is 1. The van der Waals surface area contributed by atoms with E-state index in [4.69, 9.17) is 9.47 Å². The van der Waals surface area contributed by atoms with Crippen molar-refractivity contribution in [1.82, 2.24) is 5.32 Å². The highest BCUT2D eigenvalue weighted by atomic mass is 16.5. The molecule has 1 fully saturated rings. The first kappa shape index (κ1) is 16.2. The van der Waals surface area contributed by atoms with Crippen molar-refractivity contribution >= 4 is 0 Å². The molecule has 1 aromatic carbocycles. The third-order valence-corrected chi connectivity index (χ3v) is 4.76. The molecular weight excluding hydrogens is 262 g/mol. The Labute approximate surface area is 129 Å². The Kier molecular flexibility index (Phi) is 5.92. The lowest BCUT2D eigenvalue weighted by Gasteiger charge is -2.28. The highest BCUT2D eigenvalue weighted by molar-refractivity contribution is 5.42. The normalized spacial score (nSPS) is 23.6.